The molecule has 0 aliphatic carbocycles. The Kier molecular flexibility index (Phi) is 6.07. The molecule has 6 heteroatoms. The lowest BCUT2D eigenvalue weighted by molar-refractivity contribution is -0.129. The molecule has 2 rings (SSSR count). The van der Waals surface area contributed by atoms with Gasteiger partial charge in [-0.25, -0.2) is 4.79 Å². The maximum atomic E-state index is 12.0. The normalized spacial score (nSPS) is 17.4. The van der Waals surface area contributed by atoms with Crippen LogP contribution in [0.1, 0.15) is 18.4 Å². The molecule has 0 bridgehead atoms. The van der Waals surface area contributed by atoms with Crippen molar-refractivity contribution >= 4 is 23.6 Å². The van der Waals surface area contributed by atoms with Crippen molar-refractivity contribution in [1.82, 2.24) is 9.80 Å². The van der Waals surface area contributed by atoms with E-state index in [9.17, 15) is 9.59 Å². The van der Waals surface area contributed by atoms with Crippen molar-refractivity contribution in [3.05, 3.63) is 35.9 Å². The first-order chi connectivity index (χ1) is 10.6. The Labute approximate surface area is 135 Å². The third-order valence-corrected chi connectivity index (χ3v) is 4.04. The van der Waals surface area contributed by atoms with Crippen LogP contribution in [-0.4, -0.2) is 53.9 Å². The van der Waals surface area contributed by atoms with Crippen LogP contribution in [0.25, 0.3) is 0 Å². The number of rotatable bonds is 5. The molecule has 0 spiro atoms. The van der Waals surface area contributed by atoms with Gasteiger partial charge in [0.15, 0.2) is 0 Å². The predicted molar refractivity (Wildman–Crippen MR) is 84.7 cm³/mol. The molecule has 1 saturated heterocycles. The lowest BCUT2D eigenvalue weighted by atomic mass is 10.2. The second kappa shape index (κ2) is 8.03. The van der Waals surface area contributed by atoms with Gasteiger partial charge in [-0.05, 0) is 18.4 Å². The summed E-state index contributed by atoms with van der Waals surface area (Å²) in [7, 11) is 1.69. The number of carbonyl (C=O) groups excluding carboxylic acids is 2. The summed E-state index contributed by atoms with van der Waals surface area (Å²) in [5.41, 5.74) is 0.948. The first-order valence-electron chi connectivity index (χ1n) is 7.39. The van der Waals surface area contributed by atoms with E-state index >= 15 is 0 Å². The average Bonchev–Trinajstić information content (AvgIpc) is 3.00. The fourth-order valence-electron chi connectivity index (χ4n) is 2.65. The van der Waals surface area contributed by atoms with Gasteiger partial charge in [0.25, 0.3) is 0 Å². The van der Waals surface area contributed by atoms with Crippen LogP contribution >= 0.6 is 11.6 Å². The van der Waals surface area contributed by atoms with E-state index in [2.05, 4.69) is 0 Å². The molecule has 1 aliphatic heterocycles. The molecule has 1 aromatic carbocycles. The van der Waals surface area contributed by atoms with Gasteiger partial charge in [0.1, 0.15) is 12.5 Å². The molecular weight excluding hydrogens is 304 g/mol. The number of nitrogens with zero attached hydrogens (tertiary/aromatic N) is 2. The van der Waals surface area contributed by atoms with E-state index in [0.29, 0.717) is 13.1 Å². The number of amides is 2. The maximum absolute atomic E-state index is 12.0. The minimum atomic E-state index is -0.381. The van der Waals surface area contributed by atoms with Crippen molar-refractivity contribution in [3.63, 3.8) is 0 Å². The van der Waals surface area contributed by atoms with E-state index in [1.165, 1.54) is 4.90 Å². The Hall–Kier alpha value is -1.75. The Morgan fingerprint density at radius 3 is 2.77 bits per heavy atom. The van der Waals surface area contributed by atoms with Gasteiger partial charge < -0.3 is 14.5 Å². The highest BCUT2D eigenvalue weighted by atomic mass is 35.5. The van der Waals surface area contributed by atoms with Gasteiger partial charge in [-0.3, -0.25) is 4.79 Å². The zero-order chi connectivity index (χ0) is 15.9. The minimum absolute atomic E-state index is 0.0152. The fraction of sp³-hybridized carbons (Fsp3) is 0.500. The SMILES string of the molecule is CN(C[C@H]1CCCN1C(=O)CCl)C(=O)OCc1ccccc1. The lowest BCUT2D eigenvalue weighted by Crippen LogP contribution is -2.44. The molecule has 0 saturated carbocycles. The highest BCUT2D eigenvalue weighted by molar-refractivity contribution is 6.27. The molecular formula is C16H21ClN2O3. The third-order valence-electron chi connectivity index (χ3n) is 3.81. The number of ether oxygens (including phenoxy) is 1. The van der Waals surface area contributed by atoms with Crippen molar-refractivity contribution in [3.8, 4) is 0 Å². The van der Waals surface area contributed by atoms with E-state index in [0.717, 1.165) is 18.4 Å². The highest BCUT2D eigenvalue weighted by Gasteiger charge is 2.30. The van der Waals surface area contributed by atoms with Crippen LogP contribution < -0.4 is 0 Å². The molecule has 1 aromatic rings. The van der Waals surface area contributed by atoms with Crippen LogP contribution in [0.4, 0.5) is 4.79 Å². The third kappa shape index (κ3) is 4.37. The Balaban J connectivity index is 1.82. The monoisotopic (exact) mass is 324 g/mol. The molecule has 1 fully saturated rings. The highest BCUT2D eigenvalue weighted by Crippen LogP contribution is 2.18. The molecule has 5 nitrogen and oxygen atoms in total. The van der Waals surface area contributed by atoms with Crippen molar-refractivity contribution < 1.29 is 14.3 Å². The number of hydrogen-bond acceptors (Lipinski definition) is 3. The van der Waals surface area contributed by atoms with Crippen molar-refractivity contribution in [2.45, 2.75) is 25.5 Å². The van der Waals surface area contributed by atoms with E-state index in [-0.39, 0.29) is 30.5 Å². The van der Waals surface area contributed by atoms with Crippen LogP contribution in [0.2, 0.25) is 0 Å². The van der Waals surface area contributed by atoms with Crippen molar-refractivity contribution in [2.24, 2.45) is 0 Å². The van der Waals surface area contributed by atoms with Gasteiger partial charge in [0, 0.05) is 26.2 Å². The van der Waals surface area contributed by atoms with Crippen LogP contribution in [0.15, 0.2) is 30.3 Å². The van der Waals surface area contributed by atoms with E-state index in [4.69, 9.17) is 16.3 Å². The summed E-state index contributed by atoms with van der Waals surface area (Å²) in [4.78, 5) is 27.0. The lowest BCUT2D eigenvalue weighted by Gasteiger charge is -2.28. The molecule has 0 aromatic heterocycles. The van der Waals surface area contributed by atoms with Gasteiger partial charge >= 0.3 is 6.09 Å². The summed E-state index contributed by atoms with van der Waals surface area (Å²) >= 11 is 5.62. The summed E-state index contributed by atoms with van der Waals surface area (Å²) in [6, 6.07) is 9.57. The number of carbonyl (C=O) groups is 2. The average molecular weight is 325 g/mol. The standard InChI is InChI=1S/C16H21ClN2O3/c1-18(11-14-8-5-9-19(14)15(20)10-17)16(21)22-12-13-6-3-2-4-7-13/h2-4,6-7,14H,5,8-12H2,1H3/t14-/m1/s1. The van der Waals surface area contributed by atoms with Crippen LogP contribution in [0.3, 0.4) is 0 Å². The molecule has 0 N–H and O–H groups in total. The topological polar surface area (TPSA) is 49.9 Å². The zero-order valence-corrected chi connectivity index (χ0v) is 13.5. The number of hydrogen-bond donors (Lipinski definition) is 0. The van der Waals surface area contributed by atoms with Crippen molar-refractivity contribution in [1.29, 1.82) is 0 Å². The van der Waals surface area contributed by atoms with E-state index in [1.807, 2.05) is 30.3 Å². The number of benzene rings is 1. The summed E-state index contributed by atoms with van der Waals surface area (Å²) in [6.45, 7) is 1.43. The predicted octanol–water partition coefficient (Wildman–Crippen LogP) is 2.48. The summed E-state index contributed by atoms with van der Waals surface area (Å²) < 4.78 is 5.28. The summed E-state index contributed by atoms with van der Waals surface area (Å²) in [5.74, 6) is -0.0891. The van der Waals surface area contributed by atoms with Gasteiger partial charge in [-0.2, -0.15) is 0 Å². The minimum Gasteiger partial charge on any atom is -0.445 e. The molecule has 0 unspecified atom stereocenters. The molecule has 1 atom stereocenters. The molecule has 1 aliphatic rings. The first kappa shape index (κ1) is 16.6. The summed E-state index contributed by atoms with van der Waals surface area (Å²) in [6.07, 6.45) is 1.45. The van der Waals surface area contributed by atoms with Gasteiger partial charge in [0.05, 0.1) is 0 Å². The van der Waals surface area contributed by atoms with E-state index in [1.54, 1.807) is 11.9 Å². The largest absolute Gasteiger partial charge is 0.445 e. The molecule has 2 amide bonds. The molecule has 22 heavy (non-hydrogen) atoms. The quantitative estimate of drug-likeness (QED) is 0.782. The molecule has 1 heterocycles. The number of halogens is 1. The Morgan fingerprint density at radius 2 is 2.09 bits per heavy atom. The van der Waals surface area contributed by atoms with Gasteiger partial charge in [0.2, 0.25) is 5.91 Å². The van der Waals surface area contributed by atoms with Crippen molar-refractivity contribution in [2.75, 3.05) is 26.0 Å². The van der Waals surface area contributed by atoms with E-state index < -0.39 is 0 Å². The first-order valence-corrected chi connectivity index (χ1v) is 7.92. The van der Waals surface area contributed by atoms with Crippen LogP contribution in [-0.2, 0) is 16.1 Å². The zero-order valence-electron chi connectivity index (χ0n) is 12.7. The van der Waals surface area contributed by atoms with Gasteiger partial charge in [-0.15, -0.1) is 11.6 Å². The fourth-order valence-corrected chi connectivity index (χ4v) is 2.80. The van der Waals surface area contributed by atoms with Gasteiger partial charge in [-0.1, -0.05) is 30.3 Å². The van der Waals surface area contributed by atoms with Crippen LogP contribution in [0.5, 0.6) is 0 Å². The Bertz CT molecular complexity index is 509. The number of alkyl halides is 1. The molecule has 120 valence electrons. The maximum Gasteiger partial charge on any atom is 0.409 e. The molecule has 0 radical (unpaired) electrons. The Morgan fingerprint density at radius 1 is 1.36 bits per heavy atom. The number of likely N-dealkylation sites (N-methyl/N-ethyl adjacent to an activating group) is 1. The number of likely N-dealkylation sites (tertiary alicyclic amines) is 1. The second-order valence-corrected chi connectivity index (χ2v) is 5.70. The van der Waals surface area contributed by atoms with Crippen LogP contribution in [0, 0.1) is 0 Å². The summed E-state index contributed by atoms with van der Waals surface area (Å²) in [5, 5.41) is 0. The second-order valence-electron chi connectivity index (χ2n) is 5.44. The smallest absolute Gasteiger partial charge is 0.409 e.